The molecule has 0 aliphatic carbocycles. The molecule has 3 rings (SSSR count). The predicted octanol–water partition coefficient (Wildman–Crippen LogP) is 1.10. The number of hydrogen-bond donors (Lipinski definition) is 1. The van der Waals surface area contributed by atoms with Crippen molar-refractivity contribution in [3.63, 3.8) is 0 Å². The normalized spacial score (nSPS) is 18.7. The molecular formula is C13H20N6O2S. The first-order valence-electron chi connectivity index (χ1n) is 7.31. The van der Waals surface area contributed by atoms with Crippen molar-refractivity contribution in [3.05, 3.63) is 17.5 Å². The van der Waals surface area contributed by atoms with Crippen molar-refractivity contribution in [2.45, 2.75) is 36.3 Å². The largest absolute Gasteiger partial charge is 0.377 e. The zero-order valence-electron chi connectivity index (χ0n) is 12.8. The van der Waals surface area contributed by atoms with E-state index < -0.39 is 0 Å². The Hall–Kier alpha value is -1.45. The summed E-state index contributed by atoms with van der Waals surface area (Å²) >= 11 is 1.55. The average Bonchev–Trinajstić information content (AvgIpc) is 3.13. The third kappa shape index (κ3) is 3.47. The lowest BCUT2D eigenvalue weighted by Gasteiger charge is -2.21. The van der Waals surface area contributed by atoms with Gasteiger partial charge in [-0.05, 0) is 19.4 Å². The number of rotatable bonds is 6. The Morgan fingerprint density at radius 2 is 2.36 bits per heavy atom. The highest BCUT2D eigenvalue weighted by Gasteiger charge is 2.22. The van der Waals surface area contributed by atoms with Crippen LogP contribution in [0.5, 0.6) is 0 Å². The van der Waals surface area contributed by atoms with E-state index in [1.165, 1.54) is 6.42 Å². The highest BCUT2D eigenvalue weighted by molar-refractivity contribution is 7.98. The van der Waals surface area contributed by atoms with Gasteiger partial charge in [0, 0.05) is 26.6 Å². The van der Waals surface area contributed by atoms with Crippen molar-refractivity contribution in [1.29, 1.82) is 0 Å². The van der Waals surface area contributed by atoms with E-state index in [1.54, 1.807) is 18.9 Å². The number of hydrogen-bond acceptors (Lipinski definition) is 8. The van der Waals surface area contributed by atoms with Gasteiger partial charge in [0.25, 0.3) is 0 Å². The first kappa shape index (κ1) is 15.4. The maximum atomic E-state index is 5.17. The molecule has 120 valence electrons. The molecule has 1 N–H and O–H groups in total. The van der Waals surface area contributed by atoms with Crippen LogP contribution < -0.4 is 5.32 Å². The van der Waals surface area contributed by atoms with E-state index in [-0.39, 0.29) is 0 Å². The van der Waals surface area contributed by atoms with E-state index in [4.69, 9.17) is 9.26 Å². The zero-order chi connectivity index (χ0) is 15.4. The maximum absolute atomic E-state index is 5.17. The van der Waals surface area contributed by atoms with Gasteiger partial charge in [-0.2, -0.15) is 4.98 Å². The molecule has 1 fully saturated rings. The average molecular weight is 324 g/mol. The van der Waals surface area contributed by atoms with Gasteiger partial charge in [-0.25, -0.2) is 0 Å². The third-order valence-corrected chi connectivity index (χ3v) is 4.64. The van der Waals surface area contributed by atoms with E-state index in [0.29, 0.717) is 30.0 Å². The number of thioether (sulfide) groups is 1. The molecule has 1 atom stereocenters. The van der Waals surface area contributed by atoms with E-state index >= 15 is 0 Å². The van der Waals surface area contributed by atoms with Crippen LogP contribution in [0.2, 0.25) is 0 Å². The van der Waals surface area contributed by atoms with Crippen LogP contribution in [0.4, 0.5) is 0 Å². The molecule has 0 radical (unpaired) electrons. The first-order valence-corrected chi connectivity index (χ1v) is 8.29. The SMILES string of the molecule is COCc1noc(CSc2nnc([C@H]3CCCNC3)n2C)n1. The minimum atomic E-state index is 0.358. The van der Waals surface area contributed by atoms with Gasteiger partial charge in [-0.15, -0.1) is 10.2 Å². The molecule has 0 aromatic carbocycles. The summed E-state index contributed by atoms with van der Waals surface area (Å²) in [6, 6.07) is 0. The van der Waals surface area contributed by atoms with Crippen LogP contribution in [0.15, 0.2) is 9.68 Å². The molecular weight excluding hydrogens is 304 g/mol. The quantitative estimate of drug-likeness (QED) is 0.790. The minimum Gasteiger partial charge on any atom is -0.377 e. The fourth-order valence-corrected chi connectivity index (χ4v) is 3.30. The van der Waals surface area contributed by atoms with Crippen LogP contribution >= 0.6 is 11.8 Å². The highest BCUT2D eigenvalue weighted by Crippen LogP contribution is 2.26. The van der Waals surface area contributed by atoms with Crippen LogP contribution in [-0.2, 0) is 24.1 Å². The van der Waals surface area contributed by atoms with Crippen LogP contribution in [0, 0.1) is 0 Å². The lowest BCUT2D eigenvalue weighted by Crippen LogP contribution is -2.29. The molecule has 9 heteroatoms. The van der Waals surface area contributed by atoms with Crippen molar-refractivity contribution >= 4 is 11.8 Å². The molecule has 0 saturated carbocycles. The van der Waals surface area contributed by atoms with E-state index in [9.17, 15) is 0 Å². The number of nitrogens with zero attached hydrogens (tertiary/aromatic N) is 5. The summed E-state index contributed by atoms with van der Waals surface area (Å²) in [4.78, 5) is 4.25. The van der Waals surface area contributed by atoms with Crippen LogP contribution in [0.1, 0.15) is 36.3 Å². The lowest BCUT2D eigenvalue weighted by molar-refractivity contribution is 0.174. The van der Waals surface area contributed by atoms with Gasteiger partial charge in [-0.3, -0.25) is 0 Å². The van der Waals surface area contributed by atoms with Crippen LogP contribution in [-0.4, -0.2) is 45.1 Å². The predicted molar refractivity (Wildman–Crippen MR) is 80.4 cm³/mol. The van der Waals surface area contributed by atoms with Gasteiger partial charge >= 0.3 is 0 Å². The molecule has 0 spiro atoms. The second kappa shape index (κ2) is 7.21. The summed E-state index contributed by atoms with van der Waals surface area (Å²) in [6.45, 7) is 2.43. The molecule has 2 aromatic rings. The molecule has 1 saturated heterocycles. The Kier molecular flexibility index (Phi) is 5.06. The second-order valence-electron chi connectivity index (χ2n) is 5.27. The summed E-state index contributed by atoms with van der Waals surface area (Å²) in [5, 5.41) is 16.8. The fraction of sp³-hybridized carbons (Fsp3) is 0.692. The van der Waals surface area contributed by atoms with Gasteiger partial charge in [0.2, 0.25) is 5.89 Å². The van der Waals surface area contributed by atoms with Crippen molar-refractivity contribution in [2.24, 2.45) is 7.05 Å². The fourth-order valence-electron chi connectivity index (χ4n) is 2.54. The number of nitrogens with one attached hydrogen (secondary N) is 1. The van der Waals surface area contributed by atoms with Gasteiger partial charge in [-0.1, -0.05) is 16.9 Å². The summed E-state index contributed by atoms with van der Waals surface area (Å²) in [5.41, 5.74) is 0. The second-order valence-corrected chi connectivity index (χ2v) is 6.21. The Balaban J connectivity index is 1.61. The molecule has 0 amide bonds. The van der Waals surface area contributed by atoms with E-state index in [1.807, 2.05) is 7.05 Å². The summed E-state index contributed by atoms with van der Waals surface area (Å²) in [5.74, 6) is 3.19. The van der Waals surface area contributed by atoms with E-state index in [0.717, 1.165) is 30.5 Å². The Morgan fingerprint density at radius 3 is 3.14 bits per heavy atom. The van der Waals surface area contributed by atoms with E-state index in [2.05, 4.69) is 30.2 Å². The Labute approximate surface area is 133 Å². The van der Waals surface area contributed by atoms with Crippen LogP contribution in [0.3, 0.4) is 0 Å². The summed E-state index contributed by atoms with van der Waals surface area (Å²) < 4.78 is 12.2. The molecule has 0 unspecified atom stereocenters. The van der Waals surface area contributed by atoms with Gasteiger partial charge in [0.05, 0.1) is 5.75 Å². The van der Waals surface area contributed by atoms with Crippen LogP contribution in [0.25, 0.3) is 0 Å². The topological polar surface area (TPSA) is 90.9 Å². The molecule has 0 bridgehead atoms. The lowest BCUT2D eigenvalue weighted by atomic mass is 9.99. The standard InChI is InChI=1S/C13H20N6O2S/c1-19-12(9-4-3-5-14-6-9)16-17-13(19)22-8-11-15-10(7-20-2)18-21-11/h9,14H,3-8H2,1-2H3/t9-/m0/s1. The summed E-state index contributed by atoms with van der Waals surface area (Å²) in [6.07, 6.45) is 2.35. The first-order chi connectivity index (χ1) is 10.8. The van der Waals surface area contributed by atoms with Crippen molar-refractivity contribution in [1.82, 2.24) is 30.2 Å². The Morgan fingerprint density at radius 1 is 1.45 bits per heavy atom. The molecule has 8 nitrogen and oxygen atoms in total. The van der Waals surface area contributed by atoms with Crippen molar-refractivity contribution in [3.8, 4) is 0 Å². The zero-order valence-corrected chi connectivity index (χ0v) is 13.6. The van der Waals surface area contributed by atoms with Gasteiger partial charge in [0.1, 0.15) is 12.4 Å². The molecule has 1 aliphatic rings. The highest BCUT2D eigenvalue weighted by atomic mass is 32.2. The number of ether oxygens (including phenoxy) is 1. The molecule has 3 heterocycles. The minimum absolute atomic E-state index is 0.358. The number of aromatic nitrogens is 5. The maximum Gasteiger partial charge on any atom is 0.237 e. The third-order valence-electron chi connectivity index (χ3n) is 3.64. The Bertz CT molecular complexity index is 607. The smallest absolute Gasteiger partial charge is 0.237 e. The monoisotopic (exact) mass is 324 g/mol. The molecule has 1 aliphatic heterocycles. The molecule has 22 heavy (non-hydrogen) atoms. The van der Waals surface area contributed by atoms with Crippen molar-refractivity contribution < 1.29 is 9.26 Å². The number of methoxy groups -OCH3 is 1. The summed E-state index contributed by atoms with van der Waals surface area (Å²) in [7, 11) is 3.61. The van der Waals surface area contributed by atoms with Gasteiger partial charge in [0.15, 0.2) is 11.0 Å². The number of piperidine rings is 1. The molecule has 2 aromatic heterocycles. The van der Waals surface area contributed by atoms with Crippen molar-refractivity contribution in [2.75, 3.05) is 20.2 Å². The van der Waals surface area contributed by atoms with Gasteiger partial charge < -0.3 is 19.1 Å².